The number of fused-ring (bicyclic) bond motifs is 3. The third-order valence-corrected chi connectivity index (χ3v) is 7.07. The Bertz CT molecular complexity index is 1120. The molecule has 1 fully saturated rings. The summed E-state index contributed by atoms with van der Waals surface area (Å²) in [4.78, 5) is 36.4. The second-order valence-electron chi connectivity index (χ2n) is 9.20. The molecule has 1 unspecified atom stereocenters. The molecule has 2 aromatic carbocycles. The SMILES string of the molecule is CC(NC(=O)C1(CNC(=O)OCC2c3ccccc3-c3ccccc32)CCC1)(C(=O)O)C(F)(F)F. The van der Waals surface area contributed by atoms with E-state index in [1.54, 1.807) is 5.32 Å². The van der Waals surface area contributed by atoms with Crippen LogP contribution in [0.3, 0.4) is 0 Å². The van der Waals surface area contributed by atoms with E-state index in [-0.39, 0.29) is 31.9 Å². The first-order valence-corrected chi connectivity index (χ1v) is 11.2. The normalized spacial score (nSPS) is 17.8. The van der Waals surface area contributed by atoms with Gasteiger partial charge in [0, 0.05) is 12.5 Å². The van der Waals surface area contributed by atoms with Crippen molar-refractivity contribution in [3.05, 3.63) is 59.7 Å². The summed E-state index contributed by atoms with van der Waals surface area (Å²) in [7, 11) is 0. The highest BCUT2D eigenvalue weighted by molar-refractivity contribution is 5.91. The number of aliphatic carboxylic acids is 1. The predicted molar refractivity (Wildman–Crippen MR) is 120 cm³/mol. The maximum Gasteiger partial charge on any atom is 0.422 e. The zero-order valence-corrected chi connectivity index (χ0v) is 18.9. The van der Waals surface area contributed by atoms with Crippen molar-refractivity contribution in [2.75, 3.05) is 13.2 Å². The molecule has 7 nitrogen and oxygen atoms in total. The van der Waals surface area contributed by atoms with Crippen LogP contribution in [0, 0.1) is 5.41 Å². The van der Waals surface area contributed by atoms with Crippen LogP contribution in [-0.2, 0) is 14.3 Å². The summed E-state index contributed by atoms with van der Waals surface area (Å²) in [5.74, 6) is -3.44. The lowest BCUT2D eigenvalue weighted by atomic mass is 9.67. The van der Waals surface area contributed by atoms with Gasteiger partial charge in [0.2, 0.25) is 11.4 Å². The van der Waals surface area contributed by atoms with Gasteiger partial charge in [-0.05, 0) is 42.0 Å². The number of carbonyl (C=O) groups excluding carboxylic acids is 2. The van der Waals surface area contributed by atoms with Gasteiger partial charge >= 0.3 is 18.2 Å². The predicted octanol–water partition coefficient (Wildman–Crippen LogP) is 4.22. The zero-order valence-electron chi connectivity index (χ0n) is 18.9. The van der Waals surface area contributed by atoms with E-state index in [0.717, 1.165) is 22.3 Å². The number of halogens is 3. The largest absolute Gasteiger partial charge is 0.479 e. The van der Waals surface area contributed by atoms with Gasteiger partial charge in [0.25, 0.3) is 0 Å². The van der Waals surface area contributed by atoms with Crippen LogP contribution >= 0.6 is 0 Å². The molecular formula is C25H25F3N2O5. The molecule has 1 saturated carbocycles. The van der Waals surface area contributed by atoms with Crippen LogP contribution in [-0.4, -0.2) is 47.9 Å². The minimum atomic E-state index is -5.19. The Morgan fingerprint density at radius 2 is 1.57 bits per heavy atom. The molecule has 3 N–H and O–H groups in total. The molecule has 10 heteroatoms. The summed E-state index contributed by atoms with van der Waals surface area (Å²) in [6.07, 6.45) is -5.00. The average Bonchev–Trinajstić information content (AvgIpc) is 3.09. The van der Waals surface area contributed by atoms with Crippen LogP contribution < -0.4 is 10.6 Å². The van der Waals surface area contributed by atoms with Crippen molar-refractivity contribution in [1.29, 1.82) is 0 Å². The molecular weight excluding hydrogens is 465 g/mol. The summed E-state index contributed by atoms with van der Waals surface area (Å²) in [5, 5.41) is 13.2. The molecule has 186 valence electrons. The van der Waals surface area contributed by atoms with Crippen molar-refractivity contribution >= 4 is 18.0 Å². The average molecular weight is 490 g/mol. The summed E-state index contributed by atoms with van der Waals surface area (Å²) < 4.78 is 45.4. The fourth-order valence-corrected chi connectivity index (χ4v) is 4.58. The molecule has 4 rings (SSSR count). The smallest absolute Gasteiger partial charge is 0.422 e. The van der Waals surface area contributed by atoms with Gasteiger partial charge in [-0.3, -0.25) is 4.79 Å². The summed E-state index contributed by atoms with van der Waals surface area (Å²) >= 11 is 0. The number of alkyl halides is 3. The van der Waals surface area contributed by atoms with E-state index in [4.69, 9.17) is 9.84 Å². The van der Waals surface area contributed by atoms with Gasteiger partial charge in [0.1, 0.15) is 6.61 Å². The molecule has 0 heterocycles. The van der Waals surface area contributed by atoms with Gasteiger partial charge in [-0.2, -0.15) is 13.2 Å². The number of ether oxygens (including phenoxy) is 1. The number of carboxylic acid groups (broad SMARTS) is 1. The monoisotopic (exact) mass is 490 g/mol. The molecule has 2 aromatic rings. The first-order chi connectivity index (χ1) is 16.5. The van der Waals surface area contributed by atoms with Crippen LogP contribution in [0.1, 0.15) is 43.2 Å². The first-order valence-electron chi connectivity index (χ1n) is 11.2. The number of hydrogen-bond donors (Lipinski definition) is 3. The van der Waals surface area contributed by atoms with Gasteiger partial charge in [0.15, 0.2) is 0 Å². The van der Waals surface area contributed by atoms with Crippen LogP contribution in [0.15, 0.2) is 48.5 Å². The molecule has 0 bridgehead atoms. The molecule has 0 aliphatic heterocycles. The molecule has 2 amide bonds. The van der Waals surface area contributed by atoms with Gasteiger partial charge in [-0.15, -0.1) is 0 Å². The molecule has 0 aromatic heterocycles. The van der Waals surface area contributed by atoms with E-state index in [1.165, 1.54) is 0 Å². The van der Waals surface area contributed by atoms with Gasteiger partial charge < -0.3 is 20.5 Å². The van der Waals surface area contributed by atoms with E-state index < -0.39 is 35.1 Å². The Hall–Kier alpha value is -3.56. The Kier molecular flexibility index (Phi) is 6.25. The van der Waals surface area contributed by atoms with Crippen molar-refractivity contribution in [2.24, 2.45) is 5.41 Å². The number of carbonyl (C=O) groups is 3. The number of carboxylic acids is 1. The van der Waals surface area contributed by atoms with Crippen LogP contribution in [0.2, 0.25) is 0 Å². The van der Waals surface area contributed by atoms with Gasteiger partial charge in [-0.25, -0.2) is 9.59 Å². The number of rotatable bonds is 7. The van der Waals surface area contributed by atoms with E-state index in [0.29, 0.717) is 13.3 Å². The summed E-state index contributed by atoms with van der Waals surface area (Å²) in [6.45, 7) is 0.186. The van der Waals surface area contributed by atoms with E-state index in [9.17, 15) is 27.6 Å². The maximum atomic E-state index is 13.3. The second-order valence-corrected chi connectivity index (χ2v) is 9.20. The summed E-state index contributed by atoms with van der Waals surface area (Å²) in [6, 6.07) is 15.6. The molecule has 2 aliphatic rings. The lowest BCUT2D eigenvalue weighted by Crippen LogP contribution is -2.66. The molecule has 0 saturated heterocycles. The third kappa shape index (κ3) is 4.33. The fourth-order valence-electron chi connectivity index (χ4n) is 4.58. The second kappa shape index (κ2) is 8.90. The lowest BCUT2D eigenvalue weighted by molar-refractivity contribution is -0.208. The van der Waals surface area contributed by atoms with Crippen LogP contribution in [0.25, 0.3) is 11.1 Å². The molecule has 1 atom stereocenters. The third-order valence-electron chi connectivity index (χ3n) is 7.07. The lowest BCUT2D eigenvalue weighted by Gasteiger charge is -2.42. The van der Waals surface area contributed by atoms with Crippen molar-refractivity contribution in [3.8, 4) is 11.1 Å². The van der Waals surface area contributed by atoms with Crippen molar-refractivity contribution in [3.63, 3.8) is 0 Å². The number of amides is 2. The minimum Gasteiger partial charge on any atom is -0.479 e. The minimum absolute atomic E-state index is 0.0458. The number of benzene rings is 2. The van der Waals surface area contributed by atoms with Crippen molar-refractivity contribution in [1.82, 2.24) is 10.6 Å². The quantitative estimate of drug-likeness (QED) is 0.539. The first kappa shape index (κ1) is 24.6. The van der Waals surface area contributed by atoms with Crippen molar-refractivity contribution < 1.29 is 37.4 Å². The van der Waals surface area contributed by atoms with Crippen LogP contribution in [0.5, 0.6) is 0 Å². The highest BCUT2D eigenvalue weighted by Gasteiger charge is 2.60. The van der Waals surface area contributed by atoms with Crippen molar-refractivity contribution in [2.45, 2.75) is 43.8 Å². The van der Waals surface area contributed by atoms with Crippen LogP contribution in [0.4, 0.5) is 18.0 Å². The van der Waals surface area contributed by atoms with E-state index >= 15 is 0 Å². The van der Waals surface area contributed by atoms with E-state index in [2.05, 4.69) is 5.32 Å². The number of hydrogen-bond acceptors (Lipinski definition) is 4. The zero-order chi connectivity index (χ0) is 25.4. The van der Waals surface area contributed by atoms with Gasteiger partial charge in [-0.1, -0.05) is 55.0 Å². The standard InChI is InChI=1S/C25H25F3N2O5/c1-23(21(32)33,25(26,27)28)30-20(31)24(11-6-12-24)14-29-22(34)35-13-19-17-9-4-2-7-15(17)16-8-3-5-10-18(16)19/h2-5,7-10,19H,6,11-14H2,1H3,(H,29,34)(H,30,31)(H,32,33). The molecule has 2 aliphatic carbocycles. The number of alkyl carbamates (subject to hydrolysis) is 1. The Balaban J connectivity index is 1.39. The Labute approximate surface area is 199 Å². The summed E-state index contributed by atoms with van der Waals surface area (Å²) in [5.41, 5.74) is -0.584. The Morgan fingerprint density at radius 3 is 2.03 bits per heavy atom. The Morgan fingerprint density at radius 1 is 1.03 bits per heavy atom. The number of nitrogens with one attached hydrogen (secondary N) is 2. The molecule has 0 spiro atoms. The molecule has 35 heavy (non-hydrogen) atoms. The van der Waals surface area contributed by atoms with Gasteiger partial charge in [0.05, 0.1) is 5.41 Å². The molecule has 0 radical (unpaired) electrons. The highest BCUT2D eigenvalue weighted by atomic mass is 19.4. The maximum absolute atomic E-state index is 13.3. The van der Waals surface area contributed by atoms with E-state index in [1.807, 2.05) is 48.5 Å². The highest BCUT2D eigenvalue weighted by Crippen LogP contribution is 2.45. The fraction of sp³-hybridized carbons (Fsp3) is 0.400. The topological polar surface area (TPSA) is 105 Å².